The molecule has 0 aliphatic carbocycles. The number of benzene rings is 1. The van der Waals surface area contributed by atoms with Gasteiger partial charge in [-0.15, -0.1) is 0 Å². The molecule has 1 aliphatic rings. The van der Waals surface area contributed by atoms with E-state index >= 15 is 0 Å². The van der Waals surface area contributed by atoms with Crippen molar-refractivity contribution in [2.24, 2.45) is 0 Å². The predicted molar refractivity (Wildman–Crippen MR) is 116 cm³/mol. The van der Waals surface area contributed by atoms with Gasteiger partial charge >= 0.3 is 0 Å². The topological polar surface area (TPSA) is 86.7 Å². The Kier molecular flexibility index (Phi) is 4.29. The molecule has 154 valence electrons. The van der Waals surface area contributed by atoms with Crippen LogP contribution in [0.15, 0.2) is 59.5 Å². The lowest BCUT2D eigenvalue weighted by atomic mass is 10.0. The molecule has 5 aromatic rings. The summed E-state index contributed by atoms with van der Waals surface area (Å²) in [5, 5.41) is 5.52. The maximum atomic E-state index is 13.5. The Morgan fingerprint density at radius 3 is 2.71 bits per heavy atom. The lowest BCUT2D eigenvalue weighted by Gasteiger charge is -2.24. The van der Waals surface area contributed by atoms with Crippen LogP contribution < -0.4 is 0 Å². The van der Waals surface area contributed by atoms with Crippen molar-refractivity contribution in [2.75, 3.05) is 11.5 Å². The van der Waals surface area contributed by atoms with Gasteiger partial charge in [-0.1, -0.05) is 0 Å². The number of rotatable bonds is 4. The summed E-state index contributed by atoms with van der Waals surface area (Å²) in [4.78, 5) is 9.72. The molecular formula is C21H14FN5O2S2. The molecule has 0 N–H and O–H groups in total. The third-order valence-corrected chi connectivity index (χ3v) is 7.52. The number of aromatic nitrogens is 5. The fourth-order valence-electron chi connectivity index (χ4n) is 3.64. The number of nitrogens with zero attached hydrogens (tertiary/aromatic N) is 5. The van der Waals surface area contributed by atoms with Gasteiger partial charge in [0, 0.05) is 45.8 Å². The predicted octanol–water partition coefficient (Wildman–Crippen LogP) is 4.32. The first-order valence-corrected chi connectivity index (χ1v) is 11.8. The van der Waals surface area contributed by atoms with Crippen molar-refractivity contribution in [2.45, 2.75) is 6.04 Å². The maximum Gasteiger partial charge on any atom is 0.230 e. The molecule has 1 fully saturated rings. The van der Waals surface area contributed by atoms with Crippen LogP contribution in [0.2, 0.25) is 0 Å². The molecule has 0 bridgehead atoms. The smallest absolute Gasteiger partial charge is 0.230 e. The molecule has 1 aromatic carbocycles. The van der Waals surface area contributed by atoms with Crippen LogP contribution in [0.4, 0.5) is 4.39 Å². The van der Waals surface area contributed by atoms with Crippen LogP contribution in [0.25, 0.3) is 44.3 Å². The van der Waals surface area contributed by atoms with E-state index in [0.717, 1.165) is 21.4 Å². The summed E-state index contributed by atoms with van der Waals surface area (Å²) in [5.41, 5.74) is 3.38. The van der Waals surface area contributed by atoms with Gasteiger partial charge < -0.3 is 4.42 Å². The van der Waals surface area contributed by atoms with E-state index in [1.807, 2.05) is 23.0 Å². The molecular weight excluding hydrogens is 437 g/mol. The Morgan fingerprint density at radius 2 is 1.97 bits per heavy atom. The summed E-state index contributed by atoms with van der Waals surface area (Å²) < 4.78 is 37.1. The summed E-state index contributed by atoms with van der Waals surface area (Å²) in [5.74, 6) is 1.51. The molecule has 31 heavy (non-hydrogen) atoms. The minimum Gasteiger partial charge on any atom is -0.437 e. The van der Waals surface area contributed by atoms with E-state index < -0.39 is 10.8 Å². The van der Waals surface area contributed by atoms with Gasteiger partial charge in [0.25, 0.3) is 0 Å². The number of furan rings is 1. The van der Waals surface area contributed by atoms with Gasteiger partial charge in [0.2, 0.25) is 5.71 Å². The molecule has 5 heterocycles. The van der Waals surface area contributed by atoms with Crippen molar-refractivity contribution in [1.29, 1.82) is 0 Å². The summed E-state index contributed by atoms with van der Waals surface area (Å²) in [6.07, 6.45) is 5.10. The van der Waals surface area contributed by atoms with Crippen LogP contribution >= 0.6 is 11.5 Å². The minimum atomic E-state index is -0.804. The van der Waals surface area contributed by atoms with Crippen molar-refractivity contribution < 1.29 is 13.0 Å². The molecule has 0 unspecified atom stereocenters. The van der Waals surface area contributed by atoms with Crippen molar-refractivity contribution in [1.82, 2.24) is 24.1 Å². The maximum absolute atomic E-state index is 13.5. The highest BCUT2D eigenvalue weighted by Crippen LogP contribution is 2.38. The highest BCUT2D eigenvalue weighted by molar-refractivity contribution is 7.86. The van der Waals surface area contributed by atoms with Crippen molar-refractivity contribution in [3.05, 3.63) is 60.9 Å². The first-order chi connectivity index (χ1) is 15.2. The molecule has 6 rings (SSSR count). The second-order valence-corrected chi connectivity index (χ2v) is 9.61. The van der Waals surface area contributed by atoms with E-state index in [0.29, 0.717) is 34.4 Å². The normalized spacial score (nSPS) is 18.4. The van der Waals surface area contributed by atoms with Gasteiger partial charge in [0.05, 0.1) is 22.0 Å². The summed E-state index contributed by atoms with van der Waals surface area (Å²) in [7, 11) is -0.804. The van der Waals surface area contributed by atoms with Crippen molar-refractivity contribution >= 4 is 33.4 Å². The third kappa shape index (κ3) is 3.19. The Labute approximate surface area is 182 Å². The zero-order valence-corrected chi connectivity index (χ0v) is 17.6. The molecule has 7 nitrogen and oxygen atoms in total. The molecule has 0 spiro atoms. The fourth-order valence-corrected chi connectivity index (χ4v) is 5.25. The van der Waals surface area contributed by atoms with E-state index in [-0.39, 0.29) is 11.9 Å². The third-order valence-electron chi connectivity index (χ3n) is 5.25. The first-order valence-electron chi connectivity index (χ1n) is 9.52. The van der Waals surface area contributed by atoms with E-state index in [4.69, 9.17) is 9.52 Å². The standard InChI is InChI=1S/C21H14FN5O2S2/c22-13-3-1-12(2-4-13)19-16(8-27(26-19)14-9-31(28)10-14)20-15-7-17(18-5-6-25-30-18)29-21(15)24-11-23-20/h1-8,11,14H,9-10H2. The van der Waals surface area contributed by atoms with Crippen LogP contribution in [-0.2, 0) is 10.8 Å². The van der Waals surface area contributed by atoms with E-state index in [9.17, 15) is 8.60 Å². The van der Waals surface area contributed by atoms with Gasteiger partial charge in [-0.05, 0) is 47.9 Å². The number of hydrogen-bond donors (Lipinski definition) is 0. The second-order valence-electron chi connectivity index (χ2n) is 7.23. The van der Waals surface area contributed by atoms with Gasteiger partial charge in [-0.25, -0.2) is 18.7 Å². The zero-order chi connectivity index (χ0) is 20.9. The zero-order valence-electron chi connectivity index (χ0n) is 15.9. The Morgan fingerprint density at radius 1 is 1.13 bits per heavy atom. The van der Waals surface area contributed by atoms with E-state index in [1.165, 1.54) is 30.0 Å². The van der Waals surface area contributed by atoms with Crippen molar-refractivity contribution in [3.8, 4) is 33.2 Å². The average Bonchev–Trinajstić information content (AvgIpc) is 3.50. The number of fused-ring (bicyclic) bond motifs is 1. The van der Waals surface area contributed by atoms with Gasteiger partial charge in [0.15, 0.2) is 0 Å². The van der Waals surface area contributed by atoms with Crippen LogP contribution in [0.5, 0.6) is 0 Å². The molecule has 4 aromatic heterocycles. The average molecular weight is 452 g/mol. The summed E-state index contributed by atoms with van der Waals surface area (Å²) in [6.45, 7) is 0. The minimum absolute atomic E-state index is 0.0724. The number of halogens is 1. The largest absolute Gasteiger partial charge is 0.437 e. The second kappa shape index (κ2) is 7.17. The van der Waals surface area contributed by atoms with Gasteiger partial charge in [0.1, 0.15) is 23.6 Å². The number of hydrogen-bond acceptors (Lipinski definition) is 7. The molecule has 1 saturated heterocycles. The SMILES string of the molecule is O=S1CC(n2cc(-c3ncnc4oc(-c5ccns5)cc34)c(-c3ccc(F)cc3)n2)C1. The monoisotopic (exact) mass is 451 g/mol. The molecule has 1 aliphatic heterocycles. The first kappa shape index (κ1) is 18.5. The quantitative estimate of drug-likeness (QED) is 0.405. The van der Waals surface area contributed by atoms with Crippen LogP contribution in [0, 0.1) is 5.82 Å². The molecule has 0 atom stereocenters. The highest BCUT2D eigenvalue weighted by atomic mass is 32.2. The Balaban J connectivity index is 1.54. The fraction of sp³-hybridized carbons (Fsp3) is 0.143. The Hall–Kier alpha value is -3.24. The van der Waals surface area contributed by atoms with E-state index in [2.05, 4.69) is 14.3 Å². The lowest BCUT2D eigenvalue weighted by molar-refractivity contribution is 0.507. The van der Waals surface area contributed by atoms with Gasteiger partial charge in [-0.3, -0.25) is 8.89 Å². The van der Waals surface area contributed by atoms with Gasteiger partial charge in [-0.2, -0.15) is 5.10 Å². The molecule has 0 saturated carbocycles. The van der Waals surface area contributed by atoms with Crippen LogP contribution in [-0.4, -0.2) is 39.8 Å². The molecule has 0 amide bonds. The molecule has 0 radical (unpaired) electrons. The van der Waals surface area contributed by atoms with Crippen LogP contribution in [0.3, 0.4) is 0 Å². The Bertz CT molecular complexity index is 1420. The van der Waals surface area contributed by atoms with Crippen molar-refractivity contribution in [3.63, 3.8) is 0 Å². The highest BCUT2D eigenvalue weighted by Gasteiger charge is 2.30. The molecule has 10 heteroatoms. The van der Waals surface area contributed by atoms with Crippen LogP contribution in [0.1, 0.15) is 6.04 Å². The summed E-state index contributed by atoms with van der Waals surface area (Å²) in [6, 6.07) is 10.1. The van der Waals surface area contributed by atoms with E-state index in [1.54, 1.807) is 18.3 Å². The lowest BCUT2D eigenvalue weighted by Crippen LogP contribution is -2.33. The summed E-state index contributed by atoms with van der Waals surface area (Å²) >= 11 is 1.34.